The minimum atomic E-state index is -0.335. The Kier molecular flexibility index (Phi) is 3.91. The number of benzene rings is 2. The van der Waals surface area contributed by atoms with Gasteiger partial charge in [-0.1, -0.05) is 18.2 Å². The molecule has 3 aromatic rings. The molecule has 1 aromatic heterocycles. The minimum absolute atomic E-state index is 0.127. The highest BCUT2D eigenvalue weighted by molar-refractivity contribution is 5.93. The predicted octanol–water partition coefficient (Wildman–Crippen LogP) is 2.81. The average Bonchev–Trinajstić information content (AvgIpc) is 3.03. The predicted molar refractivity (Wildman–Crippen MR) is 77.3 cm³/mol. The van der Waals surface area contributed by atoms with Crippen molar-refractivity contribution in [1.82, 2.24) is 15.5 Å². The van der Waals surface area contributed by atoms with E-state index in [0.717, 1.165) is 0 Å². The van der Waals surface area contributed by atoms with Gasteiger partial charge in [-0.05, 0) is 36.4 Å². The second kappa shape index (κ2) is 6.17. The first kappa shape index (κ1) is 13.9. The molecule has 1 heterocycles. The van der Waals surface area contributed by atoms with Crippen LogP contribution in [0.15, 0.2) is 59.0 Å². The molecule has 0 saturated heterocycles. The lowest BCUT2D eigenvalue weighted by atomic mass is 10.2. The number of carbonyl (C=O) groups is 1. The van der Waals surface area contributed by atoms with Gasteiger partial charge in [-0.2, -0.15) is 0 Å². The molecule has 3 rings (SSSR count). The smallest absolute Gasteiger partial charge is 0.251 e. The van der Waals surface area contributed by atoms with Crippen molar-refractivity contribution in [3.8, 4) is 11.5 Å². The van der Waals surface area contributed by atoms with E-state index in [2.05, 4.69) is 15.5 Å². The highest BCUT2D eigenvalue weighted by Crippen LogP contribution is 2.17. The number of rotatable bonds is 4. The first-order chi connectivity index (χ1) is 10.7. The molecule has 22 heavy (non-hydrogen) atoms. The van der Waals surface area contributed by atoms with E-state index in [1.165, 1.54) is 12.1 Å². The fraction of sp³-hybridized carbons (Fsp3) is 0.0625. The minimum Gasteiger partial charge on any atom is -0.419 e. The second-order valence-electron chi connectivity index (χ2n) is 4.56. The first-order valence-electron chi connectivity index (χ1n) is 6.64. The molecule has 6 heteroatoms. The maximum Gasteiger partial charge on any atom is 0.251 e. The van der Waals surface area contributed by atoms with Crippen molar-refractivity contribution >= 4 is 5.91 Å². The molecule has 0 atom stereocenters. The molecular formula is C16H12FN3O2. The van der Waals surface area contributed by atoms with E-state index in [1.54, 1.807) is 36.4 Å². The Morgan fingerprint density at radius 2 is 1.77 bits per heavy atom. The SMILES string of the molecule is O=C(NCc1nnc(-c2ccc(F)cc2)o1)c1ccccc1. The fourth-order valence-corrected chi connectivity index (χ4v) is 1.88. The van der Waals surface area contributed by atoms with Crippen LogP contribution in [0, 0.1) is 5.82 Å². The molecule has 1 amide bonds. The van der Waals surface area contributed by atoms with E-state index < -0.39 is 0 Å². The van der Waals surface area contributed by atoms with Crippen LogP contribution in [0.25, 0.3) is 11.5 Å². The number of hydrogen-bond donors (Lipinski definition) is 1. The van der Waals surface area contributed by atoms with Gasteiger partial charge < -0.3 is 9.73 Å². The standard InChI is InChI=1S/C16H12FN3O2/c17-13-8-6-12(7-9-13)16-20-19-14(22-16)10-18-15(21)11-4-2-1-3-5-11/h1-9H,10H2,(H,18,21). The molecule has 5 nitrogen and oxygen atoms in total. The van der Waals surface area contributed by atoms with Crippen LogP contribution in [0.2, 0.25) is 0 Å². The van der Waals surface area contributed by atoms with Gasteiger partial charge in [-0.25, -0.2) is 4.39 Å². The molecule has 0 unspecified atom stereocenters. The Hall–Kier alpha value is -3.02. The Bertz CT molecular complexity index is 770. The Labute approximate surface area is 125 Å². The van der Waals surface area contributed by atoms with Gasteiger partial charge in [-0.3, -0.25) is 4.79 Å². The molecule has 0 aliphatic heterocycles. The summed E-state index contributed by atoms with van der Waals surface area (Å²) in [5, 5.41) is 10.4. The molecule has 0 fully saturated rings. The third-order valence-electron chi connectivity index (χ3n) is 2.99. The van der Waals surface area contributed by atoms with Crippen LogP contribution < -0.4 is 5.32 Å². The van der Waals surface area contributed by atoms with Gasteiger partial charge in [0, 0.05) is 11.1 Å². The summed E-state index contributed by atoms with van der Waals surface area (Å²) in [6.45, 7) is 0.127. The summed E-state index contributed by atoms with van der Waals surface area (Å²) in [6, 6.07) is 14.6. The fourth-order valence-electron chi connectivity index (χ4n) is 1.88. The first-order valence-corrected chi connectivity index (χ1v) is 6.64. The quantitative estimate of drug-likeness (QED) is 0.804. The summed E-state index contributed by atoms with van der Waals surface area (Å²) in [5.74, 6) is 0.00770. The second-order valence-corrected chi connectivity index (χ2v) is 4.56. The van der Waals surface area contributed by atoms with Crippen LogP contribution in [-0.2, 0) is 6.54 Å². The molecule has 0 bridgehead atoms. The molecule has 0 aliphatic rings. The topological polar surface area (TPSA) is 68.0 Å². The summed E-state index contributed by atoms with van der Waals surface area (Å²) < 4.78 is 18.3. The zero-order chi connectivity index (χ0) is 15.4. The maximum absolute atomic E-state index is 12.9. The number of aromatic nitrogens is 2. The zero-order valence-corrected chi connectivity index (χ0v) is 11.5. The Morgan fingerprint density at radius 1 is 1.05 bits per heavy atom. The Balaban J connectivity index is 1.65. The normalized spacial score (nSPS) is 10.4. The average molecular weight is 297 g/mol. The van der Waals surface area contributed by atoms with Gasteiger partial charge in [0.05, 0.1) is 6.54 Å². The van der Waals surface area contributed by atoms with Crippen molar-refractivity contribution in [2.45, 2.75) is 6.54 Å². The third kappa shape index (κ3) is 3.17. The van der Waals surface area contributed by atoms with Crippen molar-refractivity contribution in [3.05, 3.63) is 71.9 Å². The molecule has 1 N–H and O–H groups in total. The lowest BCUT2D eigenvalue weighted by Gasteiger charge is -2.01. The largest absolute Gasteiger partial charge is 0.419 e. The molecular weight excluding hydrogens is 285 g/mol. The Morgan fingerprint density at radius 3 is 2.50 bits per heavy atom. The van der Waals surface area contributed by atoms with E-state index >= 15 is 0 Å². The third-order valence-corrected chi connectivity index (χ3v) is 2.99. The number of nitrogens with one attached hydrogen (secondary N) is 1. The molecule has 0 saturated carbocycles. The number of nitrogens with zero attached hydrogens (tertiary/aromatic N) is 2. The summed E-state index contributed by atoms with van der Waals surface area (Å²) in [4.78, 5) is 11.9. The van der Waals surface area contributed by atoms with E-state index in [0.29, 0.717) is 11.1 Å². The summed E-state index contributed by atoms with van der Waals surface area (Å²) >= 11 is 0. The van der Waals surface area contributed by atoms with Gasteiger partial charge in [0.15, 0.2) is 0 Å². The van der Waals surface area contributed by atoms with Crippen molar-refractivity contribution in [3.63, 3.8) is 0 Å². The molecule has 0 radical (unpaired) electrons. The summed E-state index contributed by atoms with van der Waals surface area (Å²) in [6.07, 6.45) is 0. The van der Waals surface area contributed by atoms with E-state index in [-0.39, 0.29) is 30.1 Å². The van der Waals surface area contributed by atoms with Crippen LogP contribution in [0.5, 0.6) is 0 Å². The van der Waals surface area contributed by atoms with Crippen LogP contribution in [0.3, 0.4) is 0 Å². The van der Waals surface area contributed by atoms with E-state index in [9.17, 15) is 9.18 Å². The maximum atomic E-state index is 12.9. The number of hydrogen-bond acceptors (Lipinski definition) is 4. The highest BCUT2D eigenvalue weighted by Gasteiger charge is 2.10. The number of amides is 1. The van der Waals surface area contributed by atoms with E-state index in [4.69, 9.17) is 4.42 Å². The molecule has 110 valence electrons. The molecule has 2 aromatic carbocycles. The molecule has 0 spiro atoms. The van der Waals surface area contributed by atoms with Gasteiger partial charge in [0.25, 0.3) is 5.91 Å². The van der Waals surface area contributed by atoms with Gasteiger partial charge in [0.1, 0.15) is 5.82 Å². The van der Waals surface area contributed by atoms with Crippen LogP contribution in [0.4, 0.5) is 4.39 Å². The number of halogens is 1. The van der Waals surface area contributed by atoms with E-state index in [1.807, 2.05) is 6.07 Å². The lowest BCUT2D eigenvalue weighted by Crippen LogP contribution is -2.22. The van der Waals surface area contributed by atoms with Crippen molar-refractivity contribution in [1.29, 1.82) is 0 Å². The zero-order valence-electron chi connectivity index (χ0n) is 11.5. The van der Waals surface area contributed by atoms with Crippen LogP contribution in [0.1, 0.15) is 16.2 Å². The van der Waals surface area contributed by atoms with Crippen molar-refractivity contribution in [2.75, 3.05) is 0 Å². The summed E-state index contributed by atoms with van der Waals surface area (Å²) in [5.41, 5.74) is 1.18. The van der Waals surface area contributed by atoms with Crippen molar-refractivity contribution < 1.29 is 13.6 Å². The van der Waals surface area contributed by atoms with Gasteiger partial charge >= 0.3 is 0 Å². The monoisotopic (exact) mass is 297 g/mol. The van der Waals surface area contributed by atoms with Crippen molar-refractivity contribution in [2.24, 2.45) is 0 Å². The van der Waals surface area contributed by atoms with Gasteiger partial charge in [-0.15, -0.1) is 10.2 Å². The number of carbonyl (C=O) groups excluding carboxylic acids is 1. The van der Waals surface area contributed by atoms with Crippen LogP contribution >= 0.6 is 0 Å². The van der Waals surface area contributed by atoms with Gasteiger partial charge in [0.2, 0.25) is 11.8 Å². The van der Waals surface area contributed by atoms with Crippen LogP contribution in [-0.4, -0.2) is 16.1 Å². The summed E-state index contributed by atoms with van der Waals surface area (Å²) in [7, 11) is 0. The highest BCUT2D eigenvalue weighted by atomic mass is 19.1. The lowest BCUT2D eigenvalue weighted by molar-refractivity contribution is 0.0947. The molecule has 0 aliphatic carbocycles.